The molecule has 0 radical (unpaired) electrons. The molecule has 0 bridgehead atoms. The van der Waals surface area contributed by atoms with E-state index in [1.165, 1.54) is 5.56 Å². The predicted octanol–water partition coefficient (Wildman–Crippen LogP) is 5.07. The topological polar surface area (TPSA) is 47.6 Å². The molecule has 1 heterocycles. The molecule has 0 aliphatic carbocycles. The normalized spacial score (nSPS) is 10.3. The second kappa shape index (κ2) is 9.31. The Morgan fingerprint density at radius 3 is 2.58 bits per heavy atom. The van der Waals surface area contributed by atoms with Gasteiger partial charge in [0, 0.05) is 10.6 Å². The standard InChI is InChI=1S/C20H19NO3S2/c1-23-16-6-8-17(9-7-16)24-12-20(22)21-18-4-2-3-5-19(18)26-14-15-10-11-25-13-15/h2-11,13H,12,14H2,1H3,(H,21,22). The number of benzene rings is 2. The van der Waals surface area contributed by atoms with E-state index in [-0.39, 0.29) is 12.5 Å². The molecule has 0 saturated heterocycles. The molecule has 0 saturated carbocycles. The Balaban J connectivity index is 1.54. The summed E-state index contributed by atoms with van der Waals surface area (Å²) in [4.78, 5) is 13.3. The van der Waals surface area contributed by atoms with Crippen LogP contribution in [-0.2, 0) is 10.5 Å². The van der Waals surface area contributed by atoms with Gasteiger partial charge in [0.25, 0.3) is 5.91 Å². The average Bonchev–Trinajstić information content (AvgIpc) is 3.20. The predicted molar refractivity (Wildman–Crippen MR) is 107 cm³/mol. The number of hydrogen-bond donors (Lipinski definition) is 1. The second-order valence-electron chi connectivity index (χ2n) is 5.43. The zero-order chi connectivity index (χ0) is 18.2. The molecular weight excluding hydrogens is 366 g/mol. The van der Waals surface area contributed by atoms with Gasteiger partial charge in [-0.05, 0) is 58.8 Å². The van der Waals surface area contributed by atoms with E-state index in [1.54, 1.807) is 54.5 Å². The minimum absolute atomic E-state index is 0.0458. The Bertz CT molecular complexity index is 833. The van der Waals surface area contributed by atoms with E-state index in [0.29, 0.717) is 5.75 Å². The summed E-state index contributed by atoms with van der Waals surface area (Å²) in [5.41, 5.74) is 2.08. The van der Waals surface area contributed by atoms with Crippen LogP contribution in [0.3, 0.4) is 0 Å². The number of methoxy groups -OCH3 is 1. The van der Waals surface area contributed by atoms with Crippen molar-refractivity contribution in [1.29, 1.82) is 0 Å². The summed E-state index contributed by atoms with van der Waals surface area (Å²) >= 11 is 3.39. The molecule has 0 aliphatic heterocycles. The van der Waals surface area contributed by atoms with Crippen LogP contribution in [0.15, 0.2) is 70.3 Å². The van der Waals surface area contributed by atoms with Crippen molar-refractivity contribution in [3.8, 4) is 11.5 Å². The highest BCUT2D eigenvalue weighted by Crippen LogP contribution is 2.30. The van der Waals surface area contributed by atoms with Gasteiger partial charge in [0.05, 0.1) is 12.8 Å². The molecule has 0 aliphatic rings. The fourth-order valence-corrected chi connectivity index (χ4v) is 3.96. The largest absolute Gasteiger partial charge is 0.497 e. The maximum Gasteiger partial charge on any atom is 0.262 e. The molecule has 3 rings (SSSR count). The minimum atomic E-state index is -0.190. The number of carbonyl (C=O) groups excluding carboxylic acids is 1. The highest BCUT2D eigenvalue weighted by atomic mass is 32.2. The number of carbonyl (C=O) groups is 1. The summed E-state index contributed by atoms with van der Waals surface area (Å²) in [6, 6.07) is 17.1. The SMILES string of the molecule is COc1ccc(OCC(=O)Nc2ccccc2SCc2ccsc2)cc1. The fraction of sp³-hybridized carbons (Fsp3) is 0.150. The van der Waals surface area contributed by atoms with Crippen molar-refractivity contribution < 1.29 is 14.3 Å². The van der Waals surface area contributed by atoms with Gasteiger partial charge in [0.15, 0.2) is 6.61 Å². The first-order valence-corrected chi connectivity index (χ1v) is 9.97. The summed E-state index contributed by atoms with van der Waals surface area (Å²) in [5, 5.41) is 7.13. The van der Waals surface area contributed by atoms with Crippen molar-refractivity contribution in [1.82, 2.24) is 0 Å². The number of thioether (sulfide) groups is 1. The Kier molecular flexibility index (Phi) is 6.57. The number of hydrogen-bond acceptors (Lipinski definition) is 5. The number of nitrogens with one attached hydrogen (secondary N) is 1. The number of thiophene rings is 1. The van der Waals surface area contributed by atoms with Crippen LogP contribution in [0.25, 0.3) is 0 Å². The van der Waals surface area contributed by atoms with Gasteiger partial charge in [-0.3, -0.25) is 4.79 Å². The number of para-hydroxylation sites is 1. The molecule has 134 valence electrons. The van der Waals surface area contributed by atoms with Crippen molar-refractivity contribution in [3.63, 3.8) is 0 Å². The van der Waals surface area contributed by atoms with Gasteiger partial charge in [-0.2, -0.15) is 11.3 Å². The Hall–Kier alpha value is -2.44. The highest BCUT2D eigenvalue weighted by Gasteiger charge is 2.08. The third-order valence-electron chi connectivity index (χ3n) is 3.56. The van der Waals surface area contributed by atoms with Gasteiger partial charge in [-0.1, -0.05) is 12.1 Å². The lowest BCUT2D eigenvalue weighted by Crippen LogP contribution is -2.20. The van der Waals surface area contributed by atoms with E-state index in [1.807, 2.05) is 24.3 Å². The number of amides is 1. The van der Waals surface area contributed by atoms with E-state index in [4.69, 9.17) is 9.47 Å². The average molecular weight is 386 g/mol. The first-order valence-electron chi connectivity index (χ1n) is 8.04. The van der Waals surface area contributed by atoms with Crippen molar-refractivity contribution in [2.24, 2.45) is 0 Å². The quantitative estimate of drug-likeness (QED) is 0.550. The van der Waals surface area contributed by atoms with Gasteiger partial charge in [0.1, 0.15) is 11.5 Å². The van der Waals surface area contributed by atoms with Crippen LogP contribution in [0.4, 0.5) is 5.69 Å². The fourth-order valence-electron chi connectivity index (χ4n) is 2.24. The van der Waals surface area contributed by atoms with Crippen LogP contribution in [0.1, 0.15) is 5.56 Å². The molecule has 0 unspecified atom stereocenters. The summed E-state index contributed by atoms with van der Waals surface area (Å²) in [5.74, 6) is 2.06. The molecule has 2 aromatic carbocycles. The molecule has 26 heavy (non-hydrogen) atoms. The summed E-state index contributed by atoms with van der Waals surface area (Å²) < 4.78 is 10.6. The van der Waals surface area contributed by atoms with Crippen LogP contribution in [0.5, 0.6) is 11.5 Å². The van der Waals surface area contributed by atoms with Gasteiger partial charge < -0.3 is 14.8 Å². The lowest BCUT2D eigenvalue weighted by atomic mass is 10.3. The third kappa shape index (κ3) is 5.28. The van der Waals surface area contributed by atoms with Crippen LogP contribution in [-0.4, -0.2) is 19.6 Å². The number of ether oxygens (including phenoxy) is 2. The smallest absolute Gasteiger partial charge is 0.262 e. The van der Waals surface area contributed by atoms with E-state index < -0.39 is 0 Å². The van der Waals surface area contributed by atoms with Crippen LogP contribution >= 0.6 is 23.1 Å². The van der Waals surface area contributed by atoms with Crippen LogP contribution in [0.2, 0.25) is 0 Å². The molecule has 4 nitrogen and oxygen atoms in total. The molecule has 1 aromatic heterocycles. The lowest BCUT2D eigenvalue weighted by Gasteiger charge is -2.11. The van der Waals surface area contributed by atoms with Gasteiger partial charge in [-0.15, -0.1) is 11.8 Å². The Labute approximate surface area is 161 Å². The Morgan fingerprint density at radius 1 is 1.08 bits per heavy atom. The lowest BCUT2D eigenvalue weighted by molar-refractivity contribution is -0.118. The zero-order valence-corrected chi connectivity index (χ0v) is 15.9. The molecule has 1 N–H and O–H groups in total. The highest BCUT2D eigenvalue weighted by molar-refractivity contribution is 7.98. The van der Waals surface area contributed by atoms with Crippen LogP contribution < -0.4 is 14.8 Å². The van der Waals surface area contributed by atoms with E-state index in [2.05, 4.69) is 22.1 Å². The van der Waals surface area contributed by atoms with E-state index in [0.717, 1.165) is 22.1 Å². The molecule has 0 atom stereocenters. The summed E-state index contributed by atoms with van der Waals surface area (Å²) in [6.45, 7) is -0.0458. The summed E-state index contributed by atoms with van der Waals surface area (Å²) in [6.07, 6.45) is 0. The van der Waals surface area contributed by atoms with E-state index >= 15 is 0 Å². The summed E-state index contributed by atoms with van der Waals surface area (Å²) in [7, 11) is 1.61. The van der Waals surface area contributed by atoms with Crippen molar-refractivity contribution >= 4 is 34.7 Å². The molecule has 0 spiro atoms. The van der Waals surface area contributed by atoms with Gasteiger partial charge in [-0.25, -0.2) is 0 Å². The first kappa shape index (κ1) is 18.4. The first-order chi connectivity index (χ1) is 12.7. The monoisotopic (exact) mass is 385 g/mol. The number of anilines is 1. The minimum Gasteiger partial charge on any atom is -0.497 e. The maximum absolute atomic E-state index is 12.2. The van der Waals surface area contributed by atoms with Crippen molar-refractivity contribution in [3.05, 3.63) is 70.9 Å². The molecule has 0 fully saturated rings. The maximum atomic E-state index is 12.2. The molecular formula is C20H19NO3S2. The van der Waals surface area contributed by atoms with Gasteiger partial charge in [0.2, 0.25) is 0 Å². The Morgan fingerprint density at radius 2 is 1.85 bits per heavy atom. The van der Waals surface area contributed by atoms with Gasteiger partial charge >= 0.3 is 0 Å². The molecule has 6 heteroatoms. The third-order valence-corrected chi connectivity index (χ3v) is 5.44. The number of rotatable bonds is 8. The van der Waals surface area contributed by atoms with Crippen LogP contribution in [0, 0.1) is 0 Å². The van der Waals surface area contributed by atoms with Crippen molar-refractivity contribution in [2.45, 2.75) is 10.6 Å². The van der Waals surface area contributed by atoms with E-state index in [9.17, 15) is 4.79 Å². The molecule has 3 aromatic rings. The van der Waals surface area contributed by atoms with Crippen molar-refractivity contribution in [2.75, 3.05) is 19.0 Å². The second-order valence-corrected chi connectivity index (χ2v) is 7.23. The zero-order valence-electron chi connectivity index (χ0n) is 14.3. The molecule has 1 amide bonds.